The van der Waals surface area contributed by atoms with E-state index in [1.807, 2.05) is 6.08 Å². The number of benzene rings is 1. The molecule has 1 aliphatic heterocycles. The second-order valence-corrected chi connectivity index (χ2v) is 13.6. The summed E-state index contributed by atoms with van der Waals surface area (Å²) in [5.41, 5.74) is -1.26. The highest BCUT2D eigenvalue weighted by Crippen LogP contribution is 2.35. The number of allylic oxidation sites excluding steroid dienone is 1. The summed E-state index contributed by atoms with van der Waals surface area (Å²) in [6.45, 7) is 16.0. The van der Waals surface area contributed by atoms with Gasteiger partial charge in [0.1, 0.15) is 23.6 Å². The minimum atomic E-state index is -2.00. The van der Waals surface area contributed by atoms with Gasteiger partial charge >= 0.3 is 12.1 Å². The normalized spacial score (nSPS) is 21.6. The zero-order chi connectivity index (χ0) is 37.6. The molecular weight excluding hydrogens is 650 g/mol. The summed E-state index contributed by atoms with van der Waals surface area (Å²) < 4.78 is 17.0. The summed E-state index contributed by atoms with van der Waals surface area (Å²) in [5, 5.41) is 50.9. The first kappa shape index (κ1) is 42.2. The molecule has 50 heavy (non-hydrogen) atoms. The van der Waals surface area contributed by atoms with Gasteiger partial charge in [-0.05, 0) is 83.6 Å². The highest BCUT2D eigenvalue weighted by molar-refractivity contribution is 5.95. The molecule has 1 fully saturated rings. The van der Waals surface area contributed by atoms with Gasteiger partial charge in [0.2, 0.25) is 5.91 Å². The van der Waals surface area contributed by atoms with E-state index in [0.29, 0.717) is 42.9 Å². The molecule has 1 aliphatic rings. The third-order valence-electron chi connectivity index (χ3n) is 8.09. The van der Waals surface area contributed by atoms with E-state index in [2.05, 4.69) is 29.1 Å². The van der Waals surface area contributed by atoms with Crippen molar-refractivity contribution in [3.63, 3.8) is 0 Å². The van der Waals surface area contributed by atoms with Gasteiger partial charge in [-0.15, -0.1) is 13.2 Å². The van der Waals surface area contributed by atoms with Gasteiger partial charge in [0, 0.05) is 37.9 Å². The van der Waals surface area contributed by atoms with E-state index in [1.165, 1.54) is 6.08 Å². The Balaban J connectivity index is 2.05. The Morgan fingerprint density at radius 1 is 1.06 bits per heavy atom. The van der Waals surface area contributed by atoms with E-state index < -0.39 is 72.6 Å². The SMILES string of the molecule is C=CCCCCC(=O)NCCCOc1c(C)cc(C(=O)NC[C@@H](O)[C@@H](O)[C@@H]2O[C@@](CC=C)(C(=O)O)C[C@H](O)[C@H]2NC(=O)OC(C)(C)C)cc1C. The minimum Gasteiger partial charge on any atom is -0.493 e. The van der Waals surface area contributed by atoms with Crippen LogP contribution in [-0.4, -0.2) is 106 Å². The number of hydrogen-bond acceptors (Lipinski definition) is 10. The number of carbonyl (C=O) groups excluding carboxylic acids is 3. The lowest BCUT2D eigenvalue weighted by Crippen LogP contribution is -2.67. The lowest BCUT2D eigenvalue weighted by Gasteiger charge is -2.47. The molecule has 0 saturated carbocycles. The highest BCUT2D eigenvalue weighted by Gasteiger charge is 2.54. The predicted octanol–water partition coefficient (Wildman–Crippen LogP) is 2.83. The number of carbonyl (C=O) groups is 4. The molecule has 2 rings (SSSR count). The smallest absolute Gasteiger partial charge is 0.408 e. The lowest BCUT2D eigenvalue weighted by atomic mass is 9.82. The topological polar surface area (TPSA) is 213 Å². The number of aliphatic hydroxyl groups is 3. The fraction of sp³-hybridized carbons (Fsp3) is 0.611. The van der Waals surface area contributed by atoms with Crippen molar-refractivity contribution < 1.29 is 53.8 Å². The highest BCUT2D eigenvalue weighted by atomic mass is 16.6. The van der Waals surface area contributed by atoms with Crippen LogP contribution >= 0.6 is 0 Å². The molecule has 14 nitrogen and oxygen atoms in total. The maximum Gasteiger partial charge on any atom is 0.408 e. The van der Waals surface area contributed by atoms with Gasteiger partial charge in [0.15, 0.2) is 5.60 Å². The van der Waals surface area contributed by atoms with Crippen LogP contribution in [0.5, 0.6) is 5.75 Å². The van der Waals surface area contributed by atoms with Crippen LogP contribution < -0.4 is 20.7 Å². The van der Waals surface area contributed by atoms with E-state index in [4.69, 9.17) is 14.2 Å². The maximum atomic E-state index is 13.1. The number of carboxylic acids is 1. The van der Waals surface area contributed by atoms with Crippen molar-refractivity contribution in [3.8, 4) is 5.75 Å². The number of aliphatic carboxylic acids is 1. The van der Waals surface area contributed by atoms with Crippen molar-refractivity contribution in [2.45, 2.75) is 121 Å². The minimum absolute atomic E-state index is 0.00312. The van der Waals surface area contributed by atoms with Crippen LogP contribution in [0.4, 0.5) is 4.79 Å². The Bertz CT molecular complexity index is 1320. The molecule has 1 heterocycles. The molecule has 1 aromatic carbocycles. The van der Waals surface area contributed by atoms with Crippen LogP contribution in [0, 0.1) is 13.8 Å². The summed E-state index contributed by atoms with van der Waals surface area (Å²) >= 11 is 0. The second kappa shape index (κ2) is 19.4. The van der Waals surface area contributed by atoms with Crippen LogP contribution in [0.2, 0.25) is 0 Å². The molecule has 0 unspecified atom stereocenters. The zero-order valence-corrected chi connectivity index (χ0v) is 29.8. The fourth-order valence-corrected chi connectivity index (χ4v) is 5.64. The van der Waals surface area contributed by atoms with Crippen molar-refractivity contribution >= 4 is 23.9 Å². The fourth-order valence-electron chi connectivity index (χ4n) is 5.64. The van der Waals surface area contributed by atoms with Crippen LogP contribution in [0.15, 0.2) is 37.4 Å². The summed E-state index contributed by atoms with van der Waals surface area (Å²) in [5.74, 6) is -1.39. The van der Waals surface area contributed by atoms with Crippen LogP contribution in [-0.2, 0) is 19.1 Å². The average Bonchev–Trinajstić information content (AvgIpc) is 3.02. The number of nitrogens with one attached hydrogen (secondary N) is 3. The second-order valence-electron chi connectivity index (χ2n) is 13.6. The molecule has 280 valence electrons. The predicted molar refractivity (Wildman–Crippen MR) is 186 cm³/mol. The number of unbranched alkanes of at least 4 members (excludes halogenated alkanes) is 2. The standard InChI is InChI=1S/C36H55N3O11/c1-8-10-11-12-14-27(42)37-16-13-17-48-30-22(3)18-24(19-23(30)4)32(44)38-21-26(41)29(43)31-28(39-34(47)50-35(5,6)7)25(40)20-36(49-31,15-9-2)33(45)46/h8-9,18-19,25-26,28-29,31,40-41,43H,1-2,10-17,20-21H2,3-7H3,(H,37,42)(H,38,44)(H,39,47)(H,45,46)/t25-,26+,28+,29+,31+,36+/m0/s1. The Kier molecular flexibility index (Phi) is 16.4. The van der Waals surface area contributed by atoms with E-state index in [9.17, 15) is 39.6 Å². The van der Waals surface area contributed by atoms with Crippen molar-refractivity contribution in [1.29, 1.82) is 0 Å². The Labute approximate surface area is 294 Å². The number of ether oxygens (including phenoxy) is 3. The summed E-state index contributed by atoms with van der Waals surface area (Å²) in [4.78, 5) is 49.9. The first-order chi connectivity index (χ1) is 23.4. The van der Waals surface area contributed by atoms with E-state index in [0.717, 1.165) is 19.3 Å². The first-order valence-electron chi connectivity index (χ1n) is 16.9. The summed E-state index contributed by atoms with van der Waals surface area (Å²) in [6, 6.07) is 1.86. The molecule has 1 aromatic rings. The maximum absolute atomic E-state index is 13.1. The van der Waals surface area contributed by atoms with Crippen molar-refractivity contribution in [2.24, 2.45) is 0 Å². The number of aryl methyl sites for hydroxylation is 2. The monoisotopic (exact) mass is 705 g/mol. The average molecular weight is 706 g/mol. The van der Waals surface area contributed by atoms with Gasteiger partial charge in [0.25, 0.3) is 5.91 Å². The number of aliphatic hydroxyl groups excluding tert-OH is 3. The van der Waals surface area contributed by atoms with Gasteiger partial charge in [-0.2, -0.15) is 0 Å². The summed E-state index contributed by atoms with van der Waals surface area (Å²) in [7, 11) is 0. The molecule has 1 saturated heterocycles. The lowest BCUT2D eigenvalue weighted by molar-refractivity contribution is -0.226. The van der Waals surface area contributed by atoms with E-state index >= 15 is 0 Å². The summed E-state index contributed by atoms with van der Waals surface area (Å²) in [6.07, 6.45) is -1.53. The van der Waals surface area contributed by atoms with E-state index in [-0.39, 0.29) is 17.9 Å². The molecule has 6 atom stereocenters. The molecule has 7 N–H and O–H groups in total. The van der Waals surface area contributed by atoms with Crippen LogP contribution in [0.25, 0.3) is 0 Å². The quantitative estimate of drug-likeness (QED) is 0.0821. The molecule has 0 spiro atoms. The number of rotatable bonds is 19. The Morgan fingerprint density at radius 3 is 2.30 bits per heavy atom. The number of alkyl carbamates (subject to hydrolysis) is 1. The Morgan fingerprint density at radius 2 is 1.72 bits per heavy atom. The molecule has 0 aliphatic carbocycles. The van der Waals surface area contributed by atoms with Gasteiger partial charge < -0.3 is 50.6 Å². The van der Waals surface area contributed by atoms with Crippen molar-refractivity contribution in [1.82, 2.24) is 16.0 Å². The molecular formula is C36H55N3O11. The van der Waals surface area contributed by atoms with Crippen LogP contribution in [0.3, 0.4) is 0 Å². The molecule has 0 radical (unpaired) electrons. The first-order valence-corrected chi connectivity index (χ1v) is 16.9. The number of carboxylic acid groups (broad SMARTS) is 1. The van der Waals surface area contributed by atoms with Gasteiger partial charge in [-0.3, -0.25) is 9.59 Å². The zero-order valence-electron chi connectivity index (χ0n) is 29.8. The van der Waals surface area contributed by atoms with Gasteiger partial charge in [-0.1, -0.05) is 12.2 Å². The van der Waals surface area contributed by atoms with Crippen molar-refractivity contribution in [3.05, 3.63) is 54.1 Å². The third kappa shape index (κ3) is 12.7. The van der Waals surface area contributed by atoms with Gasteiger partial charge in [-0.25, -0.2) is 9.59 Å². The number of hydrogen-bond donors (Lipinski definition) is 7. The number of amides is 3. The van der Waals surface area contributed by atoms with Crippen molar-refractivity contribution in [2.75, 3.05) is 19.7 Å². The van der Waals surface area contributed by atoms with E-state index in [1.54, 1.807) is 46.8 Å². The molecule has 0 aromatic heterocycles. The largest absolute Gasteiger partial charge is 0.493 e. The van der Waals surface area contributed by atoms with Gasteiger partial charge in [0.05, 0.1) is 24.9 Å². The molecule has 0 bridgehead atoms. The van der Waals surface area contributed by atoms with Crippen LogP contribution in [0.1, 0.15) is 87.2 Å². The molecule has 14 heteroatoms. The molecule has 3 amide bonds. The Hall–Kier alpha value is -3.98. The third-order valence-corrected chi connectivity index (χ3v) is 8.09.